The van der Waals surface area contributed by atoms with Crippen LogP contribution in [0.1, 0.15) is 16.1 Å². The van der Waals surface area contributed by atoms with E-state index in [9.17, 15) is 13.2 Å². The maximum atomic E-state index is 11.6. The Kier molecular flexibility index (Phi) is 4.84. The minimum absolute atomic E-state index is 0.0212. The highest BCUT2D eigenvalue weighted by molar-refractivity contribution is 7.89. The van der Waals surface area contributed by atoms with Crippen LogP contribution < -0.4 is 5.32 Å². The standard InChI is InChI=1S/C11H17N3O4S/c1-8-4-5-9(11(15)16)10(13-8)12-6-7-19(17,18)14(2)3/h4-5H,6-7H2,1-3H3,(H,12,13)(H,15,16). The van der Waals surface area contributed by atoms with Crippen molar-refractivity contribution < 1.29 is 18.3 Å². The average molecular weight is 287 g/mol. The molecule has 0 radical (unpaired) electrons. The van der Waals surface area contributed by atoms with Gasteiger partial charge in [-0.15, -0.1) is 0 Å². The maximum Gasteiger partial charge on any atom is 0.339 e. The number of carboxylic acids is 1. The number of carbonyl (C=O) groups is 1. The molecule has 106 valence electrons. The van der Waals surface area contributed by atoms with Crippen LogP contribution in [0.3, 0.4) is 0 Å². The summed E-state index contributed by atoms with van der Waals surface area (Å²) in [7, 11) is -0.421. The van der Waals surface area contributed by atoms with Crippen molar-refractivity contribution in [2.24, 2.45) is 0 Å². The van der Waals surface area contributed by atoms with Gasteiger partial charge in [-0.3, -0.25) is 0 Å². The zero-order valence-corrected chi connectivity index (χ0v) is 11.9. The molecule has 0 spiro atoms. The number of sulfonamides is 1. The van der Waals surface area contributed by atoms with Gasteiger partial charge in [0, 0.05) is 26.3 Å². The van der Waals surface area contributed by atoms with Crippen LogP contribution in [0.2, 0.25) is 0 Å². The van der Waals surface area contributed by atoms with Crippen molar-refractivity contribution in [1.29, 1.82) is 0 Å². The van der Waals surface area contributed by atoms with Crippen molar-refractivity contribution in [2.45, 2.75) is 6.92 Å². The zero-order valence-electron chi connectivity index (χ0n) is 11.0. The van der Waals surface area contributed by atoms with Crippen LogP contribution in [0.4, 0.5) is 5.82 Å². The van der Waals surface area contributed by atoms with E-state index in [1.807, 2.05) is 0 Å². The third kappa shape index (κ3) is 4.18. The number of rotatable bonds is 6. The van der Waals surface area contributed by atoms with Gasteiger partial charge in [0.25, 0.3) is 0 Å². The third-order valence-corrected chi connectivity index (χ3v) is 4.31. The summed E-state index contributed by atoms with van der Waals surface area (Å²) in [4.78, 5) is 15.1. The fourth-order valence-electron chi connectivity index (χ4n) is 1.35. The predicted octanol–water partition coefficient (Wildman–Crippen LogP) is 0.392. The van der Waals surface area contributed by atoms with Crippen molar-refractivity contribution in [3.63, 3.8) is 0 Å². The summed E-state index contributed by atoms with van der Waals surface area (Å²) in [5, 5.41) is 11.7. The van der Waals surface area contributed by atoms with Crippen molar-refractivity contribution in [2.75, 3.05) is 31.7 Å². The van der Waals surface area contributed by atoms with E-state index in [0.29, 0.717) is 5.69 Å². The van der Waals surface area contributed by atoms with E-state index >= 15 is 0 Å². The first-order chi connectivity index (χ1) is 8.74. The lowest BCUT2D eigenvalue weighted by Gasteiger charge is -2.13. The van der Waals surface area contributed by atoms with Gasteiger partial charge < -0.3 is 10.4 Å². The second kappa shape index (κ2) is 5.98. The van der Waals surface area contributed by atoms with E-state index in [0.717, 1.165) is 4.31 Å². The smallest absolute Gasteiger partial charge is 0.339 e. The lowest BCUT2D eigenvalue weighted by Crippen LogP contribution is -2.28. The Morgan fingerprint density at radius 1 is 1.42 bits per heavy atom. The van der Waals surface area contributed by atoms with Gasteiger partial charge in [0.15, 0.2) is 0 Å². The van der Waals surface area contributed by atoms with E-state index in [1.165, 1.54) is 20.2 Å². The van der Waals surface area contributed by atoms with Crippen LogP contribution in [0, 0.1) is 6.92 Å². The summed E-state index contributed by atoms with van der Waals surface area (Å²) in [6, 6.07) is 3.03. The molecule has 8 heteroatoms. The Bertz CT molecular complexity index is 569. The van der Waals surface area contributed by atoms with Gasteiger partial charge in [0.05, 0.1) is 5.75 Å². The summed E-state index contributed by atoms with van der Waals surface area (Å²) in [6.07, 6.45) is 0. The number of hydrogen-bond acceptors (Lipinski definition) is 5. The molecule has 2 N–H and O–H groups in total. The van der Waals surface area contributed by atoms with Crippen LogP contribution in [-0.2, 0) is 10.0 Å². The van der Waals surface area contributed by atoms with Crippen LogP contribution in [0.15, 0.2) is 12.1 Å². The highest BCUT2D eigenvalue weighted by Gasteiger charge is 2.15. The van der Waals surface area contributed by atoms with Gasteiger partial charge in [-0.2, -0.15) is 0 Å². The minimum atomic E-state index is -3.32. The van der Waals surface area contributed by atoms with E-state index in [4.69, 9.17) is 5.11 Å². The maximum absolute atomic E-state index is 11.6. The van der Waals surface area contributed by atoms with Crippen LogP contribution >= 0.6 is 0 Å². The molecule has 1 aromatic heterocycles. The summed E-state index contributed by atoms with van der Waals surface area (Å²) in [5.74, 6) is -1.05. The SMILES string of the molecule is Cc1ccc(C(=O)O)c(NCCS(=O)(=O)N(C)C)n1. The molecule has 7 nitrogen and oxygen atoms in total. The number of aromatic carboxylic acids is 1. The first-order valence-corrected chi connectivity index (χ1v) is 7.20. The van der Waals surface area contributed by atoms with Crippen molar-refractivity contribution in [3.8, 4) is 0 Å². The number of carboxylic acid groups (broad SMARTS) is 1. The number of anilines is 1. The Hall–Kier alpha value is -1.67. The molecule has 0 atom stereocenters. The first kappa shape index (κ1) is 15.4. The quantitative estimate of drug-likeness (QED) is 0.785. The summed E-state index contributed by atoms with van der Waals surface area (Å²) in [6.45, 7) is 1.82. The Labute approximate surface area is 112 Å². The van der Waals surface area contributed by atoms with Crippen molar-refractivity contribution in [3.05, 3.63) is 23.4 Å². The number of aromatic nitrogens is 1. The molecule has 19 heavy (non-hydrogen) atoms. The second-order valence-corrected chi connectivity index (χ2v) is 6.48. The molecule has 0 saturated heterocycles. The molecule has 0 aliphatic carbocycles. The first-order valence-electron chi connectivity index (χ1n) is 5.59. The number of aryl methyl sites for hydroxylation is 1. The lowest BCUT2D eigenvalue weighted by atomic mass is 10.2. The lowest BCUT2D eigenvalue weighted by molar-refractivity contribution is 0.0697. The Morgan fingerprint density at radius 3 is 2.58 bits per heavy atom. The van der Waals surface area contributed by atoms with Crippen LogP contribution in [0.5, 0.6) is 0 Å². The van der Waals surface area contributed by atoms with Gasteiger partial charge in [0.2, 0.25) is 10.0 Å². The van der Waals surface area contributed by atoms with E-state index in [1.54, 1.807) is 13.0 Å². The normalized spacial score (nSPS) is 11.6. The van der Waals surface area contributed by atoms with Gasteiger partial charge in [-0.05, 0) is 19.1 Å². The summed E-state index contributed by atoms with van der Waals surface area (Å²) >= 11 is 0. The molecule has 0 amide bonds. The summed E-state index contributed by atoms with van der Waals surface area (Å²) < 4.78 is 24.2. The molecule has 0 aliphatic heterocycles. The minimum Gasteiger partial charge on any atom is -0.478 e. The van der Waals surface area contributed by atoms with Crippen LogP contribution in [0.25, 0.3) is 0 Å². The Morgan fingerprint density at radius 2 is 2.05 bits per heavy atom. The number of pyridine rings is 1. The largest absolute Gasteiger partial charge is 0.478 e. The van der Waals surface area contributed by atoms with E-state index in [-0.39, 0.29) is 23.7 Å². The van der Waals surface area contributed by atoms with Gasteiger partial charge in [0.1, 0.15) is 11.4 Å². The highest BCUT2D eigenvalue weighted by atomic mass is 32.2. The predicted molar refractivity (Wildman–Crippen MR) is 71.9 cm³/mol. The van der Waals surface area contributed by atoms with Gasteiger partial charge >= 0.3 is 5.97 Å². The summed E-state index contributed by atoms with van der Waals surface area (Å²) in [5.41, 5.74) is 0.677. The van der Waals surface area contributed by atoms with Gasteiger partial charge in [-0.25, -0.2) is 22.5 Å². The molecule has 0 aromatic carbocycles. The number of nitrogens with one attached hydrogen (secondary N) is 1. The van der Waals surface area contributed by atoms with E-state index < -0.39 is 16.0 Å². The second-order valence-electron chi connectivity index (χ2n) is 4.18. The third-order valence-electron chi connectivity index (χ3n) is 2.47. The molecule has 0 bridgehead atoms. The molecular weight excluding hydrogens is 270 g/mol. The number of nitrogens with zero attached hydrogens (tertiary/aromatic N) is 2. The molecule has 0 aliphatic rings. The molecule has 0 saturated carbocycles. The average Bonchev–Trinajstić information content (AvgIpc) is 2.28. The number of hydrogen-bond donors (Lipinski definition) is 2. The van der Waals surface area contributed by atoms with Gasteiger partial charge in [-0.1, -0.05) is 0 Å². The fourth-order valence-corrected chi connectivity index (χ4v) is 2.07. The molecule has 0 fully saturated rings. The molecule has 1 rings (SSSR count). The monoisotopic (exact) mass is 287 g/mol. The van der Waals surface area contributed by atoms with Crippen LogP contribution in [-0.4, -0.2) is 55.2 Å². The topological polar surface area (TPSA) is 99.6 Å². The zero-order chi connectivity index (χ0) is 14.6. The van der Waals surface area contributed by atoms with Crippen molar-refractivity contribution in [1.82, 2.24) is 9.29 Å². The molecule has 1 aromatic rings. The Balaban J connectivity index is 2.78. The molecule has 0 unspecified atom stereocenters. The van der Waals surface area contributed by atoms with Crippen molar-refractivity contribution >= 4 is 21.8 Å². The molecule has 1 heterocycles. The van der Waals surface area contributed by atoms with E-state index in [2.05, 4.69) is 10.3 Å². The fraction of sp³-hybridized carbons (Fsp3) is 0.455. The highest BCUT2D eigenvalue weighted by Crippen LogP contribution is 2.13. The molecular formula is C11H17N3O4S.